The number of hydrogen-bond acceptors (Lipinski definition) is 3. The Hall–Kier alpha value is -1.46. The van der Waals surface area contributed by atoms with E-state index < -0.39 is 11.9 Å². The van der Waals surface area contributed by atoms with Crippen molar-refractivity contribution in [2.24, 2.45) is 16.6 Å². The Bertz CT molecular complexity index is 305. The molecule has 0 aromatic heterocycles. The monoisotopic (exact) mass is 218 g/mol. The molecule has 1 saturated carbocycles. The average molecular weight is 218 g/mol. The van der Waals surface area contributed by atoms with Gasteiger partial charge in [-0.3, -0.25) is 4.99 Å². The summed E-state index contributed by atoms with van der Waals surface area (Å²) in [5, 5.41) is 8.62. The molecule has 0 spiro atoms. The number of alkyl halides is 2. The van der Waals surface area contributed by atoms with Crippen LogP contribution in [0.3, 0.4) is 0 Å². The first kappa shape index (κ1) is 11.6. The van der Waals surface area contributed by atoms with Gasteiger partial charge in [-0.2, -0.15) is 0 Å². The van der Waals surface area contributed by atoms with Crippen LogP contribution in [0.2, 0.25) is 0 Å². The maximum atomic E-state index is 12.4. The zero-order valence-corrected chi connectivity index (χ0v) is 7.99. The predicted molar refractivity (Wildman–Crippen MR) is 50.9 cm³/mol. The molecule has 6 heteroatoms. The minimum atomic E-state index is -2.59. The van der Waals surface area contributed by atoms with Gasteiger partial charge >= 0.3 is 5.97 Å². The molecule has 4 nitrogen and oxygen atoms in total. The smallest absolute Gasteiger partial charge is 0.354 e. The molecule has 1 aliphatic rings. The van der Waals surface area contributed by atoms with E-state index in [1.807, 2.05) is 0 Å². The van der Waals surface area contributed by atoms with E-state index in [9.17, 15) is 13.6 Å². The zero-order valence-electron chi connectivity index (χ0n) is 7.99. The second kappa shape index (κ2) is 4.37. The Labute approximate surface area is 85.5 Å². The van der Waals surface area contributed by atoms with Crippen LogP contribution in [0, 0.1) is 5.92 Å². The quantitative estimate of drug-likeness (QED) is 0.692. The molecule has 0 aliphatic heterocycles. The molecule has 0 heterocycles. The normalized spacial score (nSPS) is 21.6. The highest BCUT2D eigenvalue weighted by molar-refractivity contribution is 6.40. The van der Waals surface area contributed by atoms with Gasteiger partial charge < -0.3 is 10.8 Å². The van der Waals surface area contributed by atoms with Crippen LogP contribution < -0.4 is 5.73 Å². The van der Waals surface area contributed by atoms with Gasteiger partial charge in [0.15, 0.2) is 0 Å². The minimum Gasteiger partial charge on any atom is -0.477 e. The van der Waals surface area contributed by atoms with Crippen LogP contribution in [0.5, 0.6) is 0 Å². The summed E-state index contributed by atoms with van der Waals surface area (Å²) in [6, 6.07) is 0. The molecule has 0 aromatic carbocycles. The fourth-order valence-corrected chi connectivity index (χ4v) is 1.42. The van der Waals surface area contributed by atoms with Crippen LogP contribution in [-0.2, 0) is 4.79 Å². The molecule has 1 rings (SSSR count). The molecule has 0 saturated heterocycles. The summed E-state index contributed by atoms with van der Waals surface area (Å²) in [5.74, 6) is -4.02. The molecule has 0 bridgehead atoms. The van der Waals surface area contributed by atoms with Gasteiger partial charge in [-0.1, -0.05) is 0 Å². The van der Waals surface area contributed by atoms with Crippen molar-refractivity contribution >= 4 is 11.7 Å². The topological polar surface area (TPSA) is 75.7 Å². The van der Waals surface area contributed by atoms with Crippen molar-refractivity contribution in [2.75, 3.05) is 6.54 Å². The number of rotatable bonds is 4. The molecule has 0 amide bonds. The van der Waals surface area contributed by atoms with Crippen LogP contribution >= 0.6 is 0 Å². The van der Waals surface area contributed by atoms with Gasteiger partial charge in [0, 0.05) is 19.4 Å². The summed E-state index contributed by atoms with van der Waals surface area (Å²) in [6.07, 6.45) is 1.77. The van der Waals surface area contributed by atoms with Crippen molar-refractivity contribution in [2.45, 2.75) is 18.8 Å². The zero-order chi connectivity index (χ0) is 11.5. The Kier molecular flexibility index (Phi) is 3.39. The van der Waals surface area contributed by atoms with Crippen molar-refractivity contribution in [3.8, 4) is 0 Å². The van der Waals surface area contributed by atoms with Gasteiger partial charge in [-0.15, -0.1) is 0 Å². The van der Waals surface area contributed by atoms with Crippen LogP contribution in [0.25, 0.3) is 0 Å². The average Bonchev–Trinajstić information content (AvgIpc) is 2.08. The van der Waals surface area contributed by atoms with E-state index in [0.717, 1.165) is 12.3 Å². The summed E-state index contributed by atoms with van der Waals surface area (Å²) in [7, 11) is 0. The first-order valence-electron chi connectivity index (χ1n) is 4.48. The van der Waals surface area contributed by atoms with Gasteiger partial charge in [0.05, 0.1) is 0 Å². The predicted octanol–water partition coefficient (Wildman–Crippen LogP) is 1.03. The molecule has 0 aromatic rings. The van der Waals surface area contributed by atoms with Crippen LogP contribution in [-0.4, -0.2) is 29.3 Å². The first-order chi connectivity index (χ1) is 6.94. The summed E-state index contributed by atoms with van der Waals surface area (Å²) >= 11 is 0. The summed E-state index contributed by atoms with van der Waals surface area (Å²) < 4.78 is 24.8. The summed E-state index contributed by atoms with van der Waals surface area (Å²) in [4.78, 5) is 14.3. The van der Waals surface area contributed by atoms with Crippen molar-refractivity contribution in [3.63, 3.8) is 0 Å². The van der Waals surface area contributed by atoms with E-state index in [4.69, 9.17) is 10.8 Å². The van der Waals surface area contributed by atoms with E-state index in [1.54, 1.807) is 0 Å². The lowest BCUT2D eigenvalue weighted by Crippen LogP contribution is -2.37. The highest BCUT2D eigenvalue weighted by atomic mass is 19.3. The molecular formula is C9H12F2N2O2. The van der Waals surface area contributed by atoms with Crippen molar-refractivity contribution < 1.29 is 18.7 Å². The Morgan fingerprint density at radius 2 is 2.20 bits per heavy atom. The molecule has 0 atom stereocenters. The Morgan fingerprint density at radius 1 is 1.60 bits per heavy atom. The molecule has 1 fully saturated rings. The SMILES string of the molecule is N/C=C\C(=NCC1CC(F)(F)C1)C(=O)O. The highest BCUT2D eigenvalue weighted by Gasteiger charge is 2.44. The second-order valence-electron chi connectivity index (χ2n) is 3.52. The largest absolute Gasteiger partial charge is 0.477 e. The number of nitrogens with two attached hydrogens (primary N) is 1. The van der Waals surface area contributed by atoms with E-state index in [2.05, 4.69) is 4.99 Å². The molecule has 0 unspecified atom stereocenters. The van der Waals surface area contributed by atoms with E-state index >= 15 is 0 Å². The minimum absolute atomic E-state index is 0.113. The molecule has 0 radical (unpaired) electrons. The number of aliphatic imine (C=N–C) groups is 1. The lowest BCUT2D eigenvalue weighted by Gasteiger charge is -2.33. The van der Waals surface area contributed by atoms with Gasteiger partial charge in [0.1, 0.15) is 5.71 Å². The van der Waals surface area contributed by atoms with Crippen LogP contribution in [0.4, 0.5) is 8.78 Å². The number of carboxylic acid groups (broad SMARTS) is 1. The lowest BCUT2D eigenvalue weighted by atomic mass is 9.81. The van der Waals surface area contributed by atoms with Gasteiger partial charge in [-0.25, -0.2) is 13.6 Å². The Balaban J connectivity index is 2.46. The molecular weight excluding hydrogens is 206 g/mol. The highest BCUT2D eigenvalue weighted by Crippen LogP contribution is 2.42. The number of nitrogens with zero attached hydrogens (tertiary/aromatic N) is 1. The second-order valence-corrected chi connectivity index (χ2v) is 3.52. The summed E-state index contributed by atoms with van der Waals surface area (Å²) in [5.41, 5.74) is 4.82. The number of aliphatic carboxylic acids is 1. The fraction of sp³-hybridized carbons (Fsp3) is 0.556. The summed E-state index contributed by atoms with van der Waals surface area (Å²) in [6.45, 7) is 0.113. The third kappa shape index (κ3) is 3.30. The van der Waals surface area contributed by atoms with E-state index in [0.29, 0.717) is 0 Å². The van der Waals surface area contributed by atoms with E-state index in [-0.39, 0.29) is 31.0 Å². The fourth-order valence-electron chi connectivity index (χ4n) is 1.42. The van der Waals surface area contributed by atoms with Crippen LogP contribution in [0.15, 0.2) is 17.3 Å². The molecule has 15 heavy (non-hydrogen) atoms. The van der Waals surface area contributed by atoms with Gasteiger partial charge in [0.25, 0.3) is 0 Å². The molecule has 84 valence electrons. The van der Waals surface area contributed by atoms with Crippen molar-refractivity contribution in [3.05, 3.63) is 12.3 Å². The first-order valence-corrected chi connectivity index (χ1v) is 4.48. The maximum Gasteiger partial charge on any atom is 0.354 e. The van der Waals surface area contributed by atoms with E-state index in [1.165, 1.54) is 0 Å². The number of halogens is 2. The Morgan fingerprint density at radius 3 is 2.60 bits per heavy atom. The molecule has 3 N–H and O–H groups in total. The standard InChI is InChI=1S/C9H12F2N2O2/c10-9(11)3-6(4-9)5-13-7(1-2-12)8(14)15/h1-2,6H,3-5,12H2,(H,14,15)/b2-1-,13-7?. The number of hydrogen-bond donors (Lipinski definition) is 2. The lowest BCUT2D eigenvalue weighted by molar-refractivity contribution is -0.129. The van der Waals surface area contributed by atoms with Crippen molar-refractivity contribution in [1.82, 2.24) is 0 Å². The number of carboxylic acids is 1. The third-order valence-corrected chi connectivity index (χ3v) is 2.17. The van der Waals surface area contributed by atoms with Crippen molar-refractivity contribution in [1.29, 1.82) is 0 Å². The van der Waals surface area contributed by atoms with Crippen LogP contribution in [0.1, 0.15) is 12.8 Å². The van der Waals surface area contributed by atoms with Gasteiger partial charge in [-0.05, 0) is 18.2 Å². The third-order valence-electron chi connectivity index (χ3n) is 2.17. The molecule has 1 aliphatic carbocycles. The maximum absolute atomic E-state index is 12.4. The van der Waals surface area contributed by atoms with Gasteiger partial charge in [0.2, 0.25) is 5.92 Å². The number of carbonyl (C=O) groups is 1.